The van der Waals surface area contributed by atoms with E-state index >= 15 is 0 Å². The standard InChI is InChI=1S/C19H21NOS/c1-3-12-21-16-5-8-18-15(13-16)10-11-20-19(18)9-7-17-6-4-14(2)22-17/h4-9,13H,3,10-12H2,1-2H3. The van der Waals surface area contributed by atoms with Gasteiger partial charge in [-0.25, -0.2) is 0 Å². The number of allylic oxidation sites excluding steroid dienone is 1. The average Bonchev–Trinajstić information content (AvgIpc) is 2.96. The Balaban J connectivity index is 1.80. The molecular weight excluding hydrogens is 290 g/mol. The van der Waals surface area contributed by atoms with Crippen LogP contribution in [0.1, 0.15) is 34.2 Å². The molecule has 3 heteroatoms. The first-order valence-electron chi connectivity index (χ1n) is 7.81. The second kappa shape index (κ2) is 6.93. The highest BCUT2D eigenvalue weighted by Crippen LogP contribution is 2.24. The predicted octanol–water partition coefficient (Wildman–Crippen LogP) is 4.90. The Morgan fingerprint density at radius 1 is 1.23 bits per heavy atom. The summed E-state index contributed by atoms with van der Waals surface area (Å²) in [6.45, 7) is 5.89. The Labute approximate surface area is 136 Å². The zero-order valence-corrected chi connectivity index (χ0v) is 14.0. The highest BCUT2D eigenvalue weighted by atomic mass is 32.1. The van der Waals surface area contributed by atoms with Crippen LogP contribution in [0.2, 0.25) is 0 Å². The number of hydrogen-bond donors (Lipinski definition) is 0. The summed E-state index contributed by atoms with van der Waals surface area (Å²) >= 11 is 1.81. The minimum absolute atomic E-state index is 0.775. The number of thiophene rings is 1. The van der Waals surface area contributed by atoms with Crippen LogP contribution >= 0.6 is 11.3 Å². The summed E-state index contributed by atoms with van der Waals surface area (Å²) < 4.78 is 5.73. The first-order valence-corrected chi connectivity index (χ1v) is 8.63. The fraction of sp³-hybridized carbons (Fsp3) is 0.316. The van der Waals surface area contributed by atoms with E-state index in [1.54, 1.807) is 0 Å². The molecule has 1 aliphatic heterocycles. The minimum atomic E-state index is 0.775. The number of nitrogens with zero attached hydrogens (tertiary/aromatic N) is 1. The Morgan fingerprint density at radius 2 is 2.14 bits per heavy atom. The van der Waals surface area contributed by atoms with Gasteiger partial charge in [-0.1, -0.05) is 6.92 Å². The van der Waals surface area contributed by atoms with Gasteiger partial charge in [-0.2, -0.15) is 0 Å². The summed E-state index contributed by atoms with van der Waals surface area (Å²) in [6, 6.07) is 10.7. The second-order valence-corrected chi connectivity index (χ2v) is 6.79. The normalized spacial score (nSPS) is 14.0. The summed E-state index contributed by atoms with van der Waals surface area (Å²) in [5.41, 5.74) is 3.65. The van der Waals surface area contributed by atoms with E-state index in [-0.39, 0.29) is 0 Å². The molecule has 22 heavy (non-hydrogen) atoms. The highest BCUT2D eigenvalue weighted by molar-refractivity contribution is 7.12. The maximum Gasteiger partial charge on any atom is 0.119 e. The molecule has 0 amide bonds. The summed E-state index contributed by atoms with van der Waals surface area (Å²) in [5, 5.41) is 0. The Hall–Kier alpha value is -1.87. The molecular formula is C19H21NOS. The van der Waals surface area contributed by atoms with Crippen LogP contribution in [0.5, 0.6) is 5.75 Å². The van der Waals surface area contributed by atoms with E-state index in [2.05, 4.69) is 61.3 Å². The van der Waals surface area contributed by atoms with Crippen LogP contribution in [-0.4, -0.2) is 18.9 Å². The van der Waals surface area contributed by atoms with Crippen LogP contribution < -0.4 is 4.74 Å². The Morgan fingerprint density at radius 3 is 2.91 bits per heavy atom. The third-order valence-electron chi connectivity index (χ3n) is 3.66. The SMILES string of the molecule is CCCOc1ccc2c(c1)CCN=C2C=Cc1ccc(C)s1. The topological polar surface area (TPSA) is 21.6 Å². The highest BCUT2D eigenvalue weighted by Gasteiger charge is 2.13. The summed E-state index contributed by atoms with van der Waals surface area (Å²) in [7, 11) is 0. The number of aryl methyl sites for hydroxylation is 1. The van der Waals surface area contributed by atoms with E-state index in [9.17, 15) is 0 Å². The first-order chi connectivity index (χ1) is 10.8. The molecule has 0 fully saturated rings. The molecule has 1 aromatic carbocycles. The van der Waals surface area contributed by atoms with Gasteiger partial charge in [0, 0.05) is 21.9 Å². The van der Waals surface area contributed by atoms with Gasteiger partial charge in [-0.05, 0) is 67.8 Å². The smallest absolute Gasteiger partial charge is 0.119 e. The summed E-state index contributed by atoms with van der Waals surface area (Å²) in [5.74, 6) is 0.972. The van der Waals surface area contributed by atoms with Gasteiger partial charge < -0.3 is 4.74 Å². The molecule has 2 heterocycles. The van der Waals surface area contributed by atoms with Crippen LogP contribution in [0.3, 0.4) is 0 Å². The molecule has 0 radical (unpaired) electrons. The molecule has 0 bridgehead atoms. The van der Waals surface area contributed by atoms with Crippen molar-refractivity contribution in [3.05, 3.63) is 57.3 Å². The lowest BCUT2D eigenvalue weighted by atomic mass is 9.97. The largest absolute Gasteiger partial charge is 0.494 e. The number of aliphatic imine (C=N–C) groups is 1. The van der Waals surface area contributed by atoms with Crippen LogP contribution in [0.4, 0.5) is 0 Å². The number of ether oxygens (including phenoxy) is 1. The van der Waals surface area contributed by atoms with Gasteiger partial charge >= 0.3 is 0 Å². The lowest BCUT2D eigenvalue weighted by Crippen LogP contribution is -2.11. The summed E-state index contributed by atoms with van der Waals surface area (Å²) in [4.78, 5) is 7.29. The third-order valence-corrected chi connectivity index (χ3v) is 4.62. The van der Waals surface area contributed by atoms with Crippen LogP contribution in [-0.2, 0) is 6.42 Å². The van der Waals surface area contributed by atoms with Gasteiger partial charge in [0.1, 0.15) is 5.75 Å². The van der Waals surface area contributed by atoms with Crippen molar-refractivity contribution in [1.82, 2.24) is 0 Å². The molecule has 0 N–H and O–H groups in total. The summed E-state index contributed by atoms with van der Waals surface area (Å²) in [6.07, 6.45) is 6.32. The van der Waals surface area contributed by atoms with Crippen molar-refractivity contribution >= 4 is 23.1 Å². The molecule has 1 aliphatic rings. The molecule has 0 saturated carbocycles. The molecule has 1 aromatic heterocycles. The molecule has 114 valence electrons. The van der Waals surface area contributed by atoms with Crippen molar-refractivity contribution in [2.75, 3.05) is 13.2 Å². The number of hydrogen-bond acceptors (Lipinski definition) is 3. The maximum atomic E-state index is 5.73. The molecule has 2 nitrogen and oxygen atoms in total. The number of fused-ring (bicyclic) bond motifs is 1. The quantitative estimate of drug-likeness (QED) is 0.769. The Kier molecular flexibility index (Phi) is 4.74. The van der Waals surface area contributed by atoms with Crippen LogP contribution in [0.25, 0.3) is 6.08 Å². The zero-order valence-electron chi connectivity index (χ0n) is 13.1. The first kappa shape index (κ1) is 15.0. The monoisotopic (exact) mass is 311 g/mol. The van der Waals surface area contributed by atoms with Gasteiger partial charge in [0.25, 0.3) is 0 Å². The van der Waals surface area contributed by atoms with Crippen LogP contribution in [0.15, 0.2) is 41.4 Å². The van der Waals surface area contributed by atoms with E-state index < -0.39 is 0 Å². The van der Waals surface area contributed by atoms with Gasteiger partial charge in [-0.15, -0.1) is 11.3 Å². The van der Waals surface area contributed by atoms with Crippen LogP contribution in [0, 0.1) is 6.92 Å². The number of benzene rings is 1. The average molecular weight is 311 g/mol. The molecule has 0 spiro atoms. The molecule has 0 aliphatic carbocycles. The number of rotatable bonds is 5. The van der Waals surface area contributed by atoms with Crippen molar-refractivity contribution in [3.63, 3.8) is 0 Å². The van der Waals surface area contributed by atoms with Crippen molar-refractivity contribution < 1.29 is 4.74 Å². The maximum absolute atomic E-state index is 5.73. The van der Waals surface area contributed by atoms with Gasteiger partial charge in [0.05, 0.1) is 12.3 Å². The fourth-order valence-electron chi connectivity index (χ4n) is 2.57. The molecule has 0 saturated heterocycles. The molecule has 0 unspecified atom stereocenters. The van der Waals surface area contributed by atoms with E-state index in [0.29, 0.717) is 0 Å². The predicted molar refractivity (Wildman–Crippen MR) is 95.4 cm³/mol. The van der Waals surface area contributed by atoms with Gasteiger partial charge in [0.2, 0.25) is 0 Å². The van der Waals surface area contributed by atoms with Crippen molar-refractivity contribution in [1.29, 1.82) is 0 Å². The van der Waals surface area contributed by atoms with E-state index in [0.717, 1.165) is 37.5 Å². The van der Waals surface area contributed by atoms with E-state index in [1.165, 1.54) is 20.9 Å². The molecule has 3 rings (SSSR count). The molecule has 2 aromatic rings. The van der Waals surface area contributed by atoms with E-state index in [4.69, 9.17) is 4.74 Å². The van der Waals surface area contributed by atoms with Crippen molar-refractivity contribution in [2.24, 2.45) is 4.99 Å². The lowest BCUT2D eigenvalue weighted by molar-refractivity contribution is 0.317. The third kappa shape index (κ3) is 3.47. The zero-order chi connectivity index (χ0) is 15.4. The fourth-order valence-corrected chi connectivity index (χ4v) is 3.35. The minimum Gasteiger partial charge on any atom is -0.494 e. The van der Waals surface area contributed by atoms with Crippen molar-refractivity contribution in [3.8, 4) is 5.75 Å². The van der Waals surface area contributed by atoms with E-state index in [1.807, 2.05) is 11.3 Å². The van der Waals surface area contributed by atoms with Gasteiger partial charge in [-0.3, -0.25) is 4.99 Å². The lowest BCUT2D eigenvalue weighted by Gasteiger charge is -2.16. The Bertz CT molecular complexity index is 712. The van der Waals surface area contributed by atoms with Crippen molar-refractivity contribution in [2.45, 2.75) is 26.7 Å². The second-order valence-electron chi connectivity index (χ2n) is 5.47. The molecule has 0 atom stereocenters. The van der Waals surface area contributed by atoms with Gasteiger partial charge in [0.15, 0.2) is 0 Å².